The Kier molecular flexibility index (Phi) is 6.77. The molecule has 2 fully saturated rings. The lowest BCUT2D eigenvalue weighted by Gasteiger charge is -2.30. The van der Waals surface area contributed by atoms with Crippen LogP contribution in [0.3, 0.4) is 0 Å². The van der Waals surface area contributed by atoms with Crippen molar-refractivity contribution in [3.05, 3.63) is 96.1 Å². The third kappa shape index (κ3) is 5.35. The van der Waals surface area contributed by atoms with Crippen molar-refractivity contribution in [2.45, 2.75) is 75.4 Å². The molecule has 3 aromatic rings. The smallest absolute Gasteiger partial charge is 0.119 e. The van der Waals surface area contributed by atoms with Crippen molar-refractivity contribution in [3.63, 3.8) is 0 Å². The van der Waals surface area contributed by atoms with E-state index in [1.807, 2.05) is 0 Å². The van der Waals surface area contributed by atoms with E-state index in [1.165, 1.54) is 36.8 Å². The second-order valence-corrected chi connectivity index (χ2v) is 9.48. The van der Waals surface area contributed by atoms with E-state index in [1.54, 1.807) is 0 Å². The van der Waals surface area contributed by atoms with Crippen molar-refractivity contribution in [3.8, 4) is 11.5 Å². The summed E-state index contributed by atoms with van der Waals surface area (Å²) in [6, 6.07) is 30.2. The fraction of sp³-hybridized carbons (Fsp3) is 0.400. The second kappa shape index (κ2) is 10.3. The molecule has 5 rings (SSSR count). The summed E-state index contributed by atoms with van der Waals surface area (Å²) in [6.45, 7) is 0. The van der Waals surface area contributed by atoms with Gasteiger partial charge in [-0.05, 0) is 98.6 Å². The molecule has 0 radical (unpaired) electrons. The maximum atomic E-state index is 6.29. The van der Waals surface area contributed by atoms with Gasteiger partial charge in [-0.25, -0.2) is 0 Å². The lowest BCUT2D eigenvalue weighted by Crippen LogP contribution is -2.24. The fourth-order valence-corrected chi connectivity index (χ4v) is 5.46. The van der Waals surface area contributed by atoms with Gasteiger partial charge in [0.1, 0.15) is 11.5 Å². The van der Waals surface area contributed by atoms with E-state index in [0.717, 1.165) is 37.2 Å². The van der Waals surface area contributed by atoms with E-state index < -0.39 is 0 Å². The van der Waals surface area contributed by atoms with Gasteiger partial charge in [0.2, 0.25) is 0 Å². The topological polar surface area (TPSA) is 18.5 Å². The van der Waals surface area contributed by atoms with Crippen LogP contribution in [-0.4, -0.2) is 12.2 Å². The zero-order valence-electron chi connectivity index (χ0n) is 18.9. The van der Waals surface area contributed by atoms with Gasteiger partial charge in [-0.3, -0.25) is 0 Å². The van der Waals surface area contributed by atoms with E-state index in [2.05, 4.69) is 84.9 Å². The highest BCUT2D eigenvalue weighted by atomic mass is 16.5. The molecule has 0 heterocycles. The molecule has 0 N–H and O–H groups in total. The molecule has 0 aliphatic heterocycles. The second-order valence-electron chi connectivity index (χ2n) is 9.48. The minimum Gasteiger partial charge on any atom is -0.490 e. The summed E-state index contributed by atoms with van der Waals surface area (Å²) in [5, 5.41) is 0. The molecule has 0 aromatic heterocycles. The summed E-state index contributed by atoms with van der Waals surface area (Å²) < 4.78 is 12.6. The summed E-state index contributed by atoms with van der Waals surface area (Å²) in [4.78, 5) is 0. The normalized spacial score (nSPS) is 25.8. The molecule has 2 heteroatoms. The molecule has 2 nitrogen and oxygen atoms in total. The number of ether oxygens (including phenoxy) is 2. The first-order chi connectivity index (χ1) is 15.8. The Hall–Kier alpha value is -2.74. The standard InChI is InChI=1S/C30H34O2/c1-3-7-23(8-4-1)25-11-15-27(16-12-25)31-29-19-21-30(22-20-29)32-28-17-13-26(14-18-28)24-9-5-2-6-10-24/h1-10,19-22,25-28H,11-18H2. The van der Waals surface area contributed by atoms with Crippen molar-refractivity contribution in [2.75, 3.05) is 0 Å². The van der Waals surface area contributed by atoms with Crippen LogP contribution in [0.4, 0.5) is 0 Å². The summed E-state index contributed by atoms with van der Waals surface area (Å²) in [7, 11) is 0. The van der Waals surface area contributed by atoms with Crippen LogP contribution in [0.15, 0.2) is 84.9 Å². The first-order valence-corrected chi connectivity index (χ1v) is 12.4. The molecule has 0 spiro atoms. The van der Waals surface area contributed by atoms with Gasteiger partial charge in [0.15, 0.2) is 0 Å². The fourth-order valence-electron chi connectivity index (χ4n) is 5.46. The zero-order valence-corrected chi connectivity index (χ0v) is 18.9. The van der Waals surface area contributed by atoms with Gasteiger partial charge in [0.05, 0.1) is 12.2 Å². The Bertz CT molecular complexity index is 855. The Balaban J connectivity index is 1.07. The molecule has 0 atom stereocenters. The van der Waals surface area contributed by atoms with Crippen LogP contribution in [0, 0.1) is 0 Å². The number of hydrogen-bond acceptors (Lipinski definition) is 2. The van der Waals surface area contributed by atoms with Gasteiger partial charge in [-0.15, -0.1) is 0 Å². The van der Waals surface area contributed by atoms with E-state index >= 15 is 0 Å². The Morgan fingerprint density at radius 2 is 0.750 bits per heavy atom. The molecule has 166 valence electrons. The Morgan fingerprint density at radius 3 is 1.09 bits per heavy atom. The zero-order chi connectivity index (χ0) is 21.6. The monoisotopic (exact) mass is 426 g/mol. The van der Waals surface area contributed by atoms with Gasteiger partial charge in [-0.1, -0.05) is 60.7 Å². The maximum Gasteiger partial charge on any atom is 0.119 e. The Labute approximate surface area is 192 Å². The first-order valence-electron chi connectivity index (χ1n) is 12.4. The highest BCUT2D eigenvalue weighted by Crippen LogP contribution is 2.36. The van der Waals surface area contributed by atoms with Gasteiger partial charge in [-0.2, -0.15) is 0 Å². The van der Waals surface area contributed by atoms with Crippen LogP contribution in [-0.2, 0) is 0 Å². The van der Waals surface area contributed by atoms with Crippen molar-refractivity contribution in [1.82, 2.24) is 0 Å². The molecule has 32 heavy (non-hydrogen) atoms. The molecular formula is C30H34O2. The Morgan fingerprint density at radius 1 is 0.406 bits per heavy atom. The van der Waals surface area contributed by atoms with Gasteiger partial charge >= 0.3 is 0 Å². The molecule has 2 aliphatic rings. The molecule has 0 bridgehead atoms. The largest absolute Gasteiger partial charge is 0.490 e. The SMILES string of the molecule is c1ccc(C2CCC(Oc3ccc(OC4CCC(c5ccccc5)CC4)cc3)CC2)cc1. The third-order valence-corrected chi connectivity index (χ3v) is 7.32. The molecule has 0 amide bonds. The summed E-state index contributed by atoms with van der Waals surface area (Å²) in [5.41, 5.74) is 2.95. The van der Waals surface area contributed by atoms with Gasteiger partial charge in [0.25, 0.3) is 0 Å². The lowest BCUT2D eigenvalue weighted by atomic mass is 9.83. The van der Waals surface area contributed by atoms with E-state index in [0.29, 0.717) is 24.0 Å². The van der Waals surface area contributed by atoms with Crippen LogP contribution in [0.5, 0.6) is 11.5 Å². The van der Waals surface area contributed by atoms with Crippen LogP contribution < -0.4 is 9.47 Å². The molecule has 2 aliphatic carbocycles. The molecule has 0 unspecified atom stereocenters. The highest BCUT2D eigenvalue weighted by Gasteiger charge is 2.25. The molecule has 0 saturated heterocycles. The van der Waals surface area contributed by atoms with E-state index in [-0.39, 0.29) is 0 Å². The molecule has 3 aromatic carbocycles. The number of benzene rings is 3. The lowest BCUT2D eigenvalue weighted by molar-refractivity contribution is 0.142. The average molecular weight is 427 g/mol. The number of hydrogen-bond donors (Lipinski definition) is 0. The minimum atomic E-state index is 0.329. The van der Waals surface area contributed by atoms with Crippen LogP contribution in [0.2, 0.25) is 0 Å². The van der Waals surface area contributed by atoms with Crippen molar-refractivity contribution >= 4 is 0 Å². The highest BCUT2D eigenvalue weighted by molar-refractivity contribution is 5.32. The molecular weight excluding hydrogens is 392 g/mol. The van der Waals surface area contributed by atoms with E-state index in [9.17, 15) is 0 Å². The summed E-state index contributed by atoms with van der Waals surface area (Å²) in [6.07, 6.45) is 10.0. The van der Waals surface area contributed by atoms with Crippen LogP contribution in [0.25, 0.3) is 0 Å². The third-order valence-electron chi connectivity index (χ3n) is 7.32. The first kappa shape index (κ1) is 21.1. The van der Waals surface area contributed by atoms with Gasteiger partial charge < -0.3 is 9.47 Å². The van der Waals surface area contributed by atoms with Gasteiger partial charge in [0, 0.05) is 0 Å². The van der Waals surface area contributed by atoms with Crippen LogP contribution in [0.1, 0.15) is 74.3 Å². The van der Waals surface area contributed by atoms with Crippen molar-refractivity contribution < 1.29 is 9.47 Å². The predicted octanol–water partition coefficient (Wildman–Crippen LogP) is 7.90. The predicted molar refractivity (Wildman–Crippen MR) is 131 cm³/mol. The summed E-state index contributed by atoms with van der Waals surface area (Å²) in [5.74, 6) is 3.30. The minimum absolute atomic E-state index is 0.329. The van der Waals surface area contributed by atoms with Crippen molar-refractivity contribution in [1.29, 1.82) is 0 Å². The summed E-state index contributed by atoms with van der Waals surface area (Å²) >= 11 is 0. The van der Waals surface area contributed by atoms with E-state index in [4.69, 9.17) is 9.47 Å². The molecule has 2 saturated carbocycles. The van der Waals surface area contributed by atoms with Crippen LogP contribution >= 0.6 is 0 Å². The average Bonchev–Trinajstić information content (AvgIpc) is 2.87. The maximum absolute atomic E-state index is 6.29. The quantitative estimate of drug-likeness (QED) is 0.399. The van der Waals surface area contributed by atoms with Crippen molar-refractivity contribution in [2.24, 2.45) is 0 Å². The number of rotatable bonds is 6.